The average Bonchev–Trinajstić information content (AvgIpc) is 3.20. The van der Waals surface area contributed by atoms with Gasteiger partial charge in [0.25, 0.3) is 0 Å². The van der Waals surface area contributed by atoms with Crippen molar-refractivity contribution in [2.45, 2.75) is 26.1 Å². The Bertz CT molecular complexity index is 989. The third-order valence-electron chi connectivity index (χ3n) is 5.05. The number of nitrogens with zero attached hydrogens (tertiary/aromatic N) is 1. The first-order chi connectivity index (χ1) is 14.4. The number of carbonyl (C=O) groups is 1. The number of alkyl halides is 3. The van der Waals surface area contributed by atoms with Crippen molar-refractivity contribution >= 4 is 29.2 Å². The predicted molar refractivity (Wildman–Crippen MR) is 106 cm³/mol. The van der Waals surface area contributed by atoms with Crippen molar-refractivity contribution in [3.63, 3.8) is 0 Å². The highest BCUT2D eigenvalue weighted by atomic mass is 35.5. The first-order valence-corrected chi connectivity index (χ1v) is 9.85. The second-order valence-corrected chi connectivity index (χ2v) is 8.60. The van der Waals surface area contributed by atoms with Gasteiger partial charge in [0.2, 0.25) is 12.0 Å². The van der Waals surface area contributed by atoms with Gasteiger partial charge in [-0.25, -0.2) is 9.37 Å². The van der Waals surface area contributed by atoms with Crippen LogP contribution in [0.3, 0.4) is 0 Å². The van der Waals surface area contributed by atoms with Crippen molar-refractivity contribution in [1.29, 1.82) is 0 Å². The van der Waals surface area contributed by atoms with Crippen LogP contribution in [0.15, 0.2) is 53.0 Å². The molecule has 1 fully saturated rings. The van der Waals surface area contributed by atoms with E-state index in [2.05, 4.69) is 4.98 Å². The maximum absolute atomic E-state index is 13.7. The van der Waals surface area contributed by atoms with Crippen molar-refractivity contribution in [3.05, 3.63) is 64.5 Å². The molecule has 1 aromatic carbocycles. The summed E-state index contributed by atoms with van der Waals surface area (Å²) in [4.78, 5) is 16.3. The Morgan fingerprint density at radius 3 is 2.39 bits per heavy atom. The monoisotopic (exact) mass is 477 g/mol. The third-order valence-corrected chi connectivity index (χ3v) is 5.30. The molecule has 4 nitrogen and oxygen atoms in total. The third kappa shape index (κ3) is 5.49. The van der Waals surface area contributed by atoms with Gasteiger partial charge in [0, 0.05) is 6.07 Å². The van der Waals surface area contributed by atoms with Crippen LogP contribution in [0.1, 0.15) is 25.6 Å². The van der Waals surface area contributed by atoms with Gasteiger partial charge in [-0.2, -0.15) is 13.2 Å². The molecule has 10 heteroatoms. The number of hydrogen-bond acceptors (Lipinski definition) is 4. The standard InChI is InChI=1S/C21H17Cl2F4NO3/c1-20(2)13(10-15(22)23)17(20)19(29)31-18(21(25,26)27)14-4-3-5-16(28-14)30-12-8-6-11(24)7-9-12/h3-10,13,17-18H,1-2H3/t13-,17-,18?/m0/s1. The molecule has 1 saturated carbocycles. The second kappa shape index (κ2) is 8.67. The maximum Gasteiger partial charge on any atom is 0.431 e. The highest BCUT2D eigenvalue weighted by molar-refractivity contribution is 6.55. The number of carbonyl (C=O) groups excluding carboxylic acids is 1. The SMILES string of the molecule is CC1(C)[C@H](C(=O)OC(c2cccc(Oc3ccc(F)cc3)n2)C(F)(F)F)[C@@H]1C=C(Cl)Cl. The summed E-state index contributed by atoms with van der Waals surface area (Å²) in [6.07, 6.45) is -6.09. The second-order valence-electron chi connectivity index (χ2n) is 7.60. The number of benzene rings is 1. The number of aromatic nitrogens is 1. The van der Waals surface area contributed by atoms with E-state index in [-0.39, 0.29) is 16.1 Å². The van der Waals surface area contributed by atoms with E-state index in [1.807, 2.05) is 0 Å². The molecule has 1 heterocycles. The first-order valence-electron chi connectivity index (χ1n) is 9.10. The topological polar surface area (TPSA) is 48.4 Å². The van der Waals surface area contributed by atoms with Crippen LogP contribution in [0.4, 0.5) is 17.6 Å². The molecule has 31 heavy (non-hydrogen) atoms. The van der Waals surface area contributed by atoms with E-state index >= 15 is 0 Å². The zero-order chi connectivity index (χ0) is 23.0. The van der Waals surface area contributed by atoms with E-state index < -0.39 is 47.0 Å². The highest BCUT2D eigenvalue weighted by Crippen LogP contribution is 2.60. The highest BCUT2D eigenvalue weighted by Gasteiger charge is 2.62. The lowest BCUT2D eigenvalue weighted by Gasteiger charge is -2.21. The van der Waals surface area contributed by atoms with E-state index in [9.17, 15) is 22.4 Å². The van der Waals surface area contributed by atoms with Crippen molar-refractivity contribution in [3.8, 4) is 11.6 Å². The zero-order valence-electron chi connectivity index (χ0n) is 16.3. The molecule has 2 aromatic rings. The van der Waals surface area contributed by atoms with Crippen LogP contribution < -0.4 is 4.74 Å². The fourth-order valence-electron chi connectivity index (χ4n) is 3.32. The molecular formula is C21H17Cl2F4NO3. The fourth-order valence-corrected chi connectivity index (χ4v) is 3.59. The Hall–Kier alpha value is -2.32. The predicted octanol–water partition coefficient (Wildman–Crippen LogP) is 6.75. The van der Waals surface area contributed by atoms with E-state index in [1.54, 1.807) is 13.8 Å². The number of allylic oxidation sites excluding steroid dienone is 1. The number of halogens is 6. The number of pyridine rings is 1. The first kappa shape index (κ1) is 23.3. The molecular weight excluding hydrogens is 461 g/mol. The van der Waals surface area contributed by atoms with Gasteiger partial charge in [-0.15, -0.1) is 0 Å². The van der Waals surface area contributed by atoms with Crippen LogP contribution in [-0.2, 0) is 9.53 Å². The van der Waals surface area contributed by atoms with Crippen molar-refractivity contribution in [2.75, 3.05) is 0 Å². The Kier molecular flexibility index (Phi) is 6.53. The Labute approximate surface area is 185 Å². The van der Waals surface area contributed by atoms with E-state index in [4.69, 9.17) is 32.7 Å². The molecule has 3 rings (SSSR count). The van der Waals surface area contributed by atoms with Crippen LogP contribution in [0, 0.1) is 23.1 Å². The molecule has 0 radical (unpaired) electrons. The van der Waals surface area contributed by atoms with Crippen molar-refractivity contribution < 1.29 is 31.8 Å². The average molecular weight is 478 g/mol. The van der Waals surface area contributed by atoms with Crippen LogP contribution in [0.5, 0.6) is 11.6 Å². The number of rotatable bonds is 6. The lowest BCUT2D eigenvalue weighted by Crippen LogP contribution is -2.28. The summed E-state index contributed by atoms with van der Waals surface area (Å²) in [6.45, 7) is 3.41. The van der Waals surface area contributed by atoms with Crippen molar-refractivity contribution in [1.82, 2.24) is 4.98 Å². The minimum absolute atomic E-state index is 0.0759. The number of ether oxygens (including phenoxy) is 2. The summed E-state index contributed by atoms with van der Waals surface area (Å²) in [5.41, 5.74) is -1.20. The molecule has 1 aliphatic rings. The Morgan fingerprint density at radius 2 is 1.81 bits per heavy atom. The van der Waals surface area contributed by atoms with Gasteiger partial charge in [-0.05, 0) is 47.7 Å². The summed E-state index contributed by atoms with van der Waals surface area (Å²) < 4.78 is 64.2. The molecule has 1 aliphatic carbocycles. The number of esters is 1. The number of hydrogen-bond donors (Lipinski definition) is 0. The maximum atomic E-state index is 13.7. The van der Waals surface area contributed by atoms with Gasteiger partial charge in [0.1, 0.15) is 16.1 Å². The summed E-state index contributed by atoms with van der Waals surface area (Å²) in [5.74, 6) is -2.79. The van der Waals surface area contributed by atoms with Crippen LogP contribution >= 0.6 is 23.2 Å². The van der Waals surface area contributed by atoms with E-state index in [0.29, 0.717) is 0 Å². The molecule has 0 bridgehead atoms. The molecule has 0 spiro atoms. The summed E-state index contributed by atoms with van der Waals surface area (Å²) in [5, 5.41) is 0. The molecule has 0 saturated heterocycles. The molecule has 1 aromatic heterocycles. The fraction of sp³-hybridized carbons (Fsp3) is 0.333. The normalized spacial score (nSPS) is 20.5. The molecule has 0 aliphatic heterocycles. The van der Waals surface area contributed by atoms with E-state index in [0.717, 1.165) is 18.2 Å². The molecule has 0 amide bonds. The Morgan fingerprint density at radius 1 is 1.16 bits per heavy atom. The lowest BCUT2D eigenvalue weighted by atomic mass is 10.1. The largest absolute Gasteiger partial charge is 0.446 e. The van der Waals surface area contributed by atoms with Crippen LogP contribution in [0.25, 0.3) is 0 Å². The summed E-state index contributed by atoms with van der Waals surface area (Å²) in [7, 11) is 0. The van der Waals surface area contributed by atoms with Crippen LogP contribution in [-0.4, -0.2) is 17.1 Å². The molecule has 0 N–H and O–H groups in total. The van der Waals surface area contributed by atoms with Gasteiger partial charge in [-0.1, -0.05) is 43.1 Å². The Balaban J connectivity index is 1.81. The molecule has 1 unspecified atom stereocenters. The van der Waals surface area contributed by atoms with Crippen LogP contribution in [0.2, 0.25) is 0 Å². The van der Waals surface area contributed by atoms with Gasteiger partial charge in [0.05, 0.1) is 11.6 Å². The smallest absolute Gasteiger partial charge is 0.431 e. The van der Waals surface area contributed by atoms with E-state index in [1.165, 1.54) is 30.3 Å². The molecule has 3 atom stereocenters. The van der Waals surface area contributed by atoms with Gasteiger partial charge < -0.3 is 9.47 Å². The minimum atomic E-state index is -4.91. The minimum Gasteiger partial charge on any atom is -0.446 e. The van der Waals surface area contributed by atoms with Crippen molar-refractivity contribution in [2.24, 2.45) is 17.3 Å². The zero-order valence-corrected chi connectivity index (χ0v) is 17.8. The summed E-state index contributed by atoms with van der Waals surface area (Å²) in [6, 6.07) is 8.56. The summed E-state index contributed by atoms with van der Waals surface area (Å²) >= 11 is 11.3. The van der Waals surface area contributed by atoms with Gasteiger partial charge >= 0.3 is 12.1 Å². The van der Waals surface area contributed by atoms with Gasteiger partial charge in [-0.3, -0.25) is 4.79 Å². The molecule has 166 valence electrons. The lowest BCUT2D eigenvalue weighted by molar-refractivity contribution is -0.226. The quantitative estimate of drug-likeness (QED) is 0.341. The van der Waals surface area contributed by atoms with Gasteiger partial charge in [0.15, 0.2) is 0 Å².